The van der Waals surface area contributed by atoms with Gasteiger partial charge in [0.25, 0.3) is 0 Å². The lowest BCUT2D eigenvalue weighted by atomic mass is 10.00. The van der Waals surface area contributed by atoms with Gasteiger partial charge in [-0.25, -0.2) is 0 Å². The van der Waals surface area contributed by atoms with E-state index in [2.05, 4.69) is 5.32 Å². The van der Waals surface area contributed by atoms with Crippen LogP contribution in [-0.2, 0) is 14.3 Å². The maximum atomic E-state index is 11.7. The summed E-state index contributed by atoms with van der Waals surface area (Å²) in [4.78, 5) is 11.7. The first-order valence-corrected chi connectivity index (χ1v) is 5.76. The van der Waals surface area contributed by atoms with Crippen molar-refractivity contribution in [3.8, 4) is 5.75 Å². The van der Waals surface area contributed by atoms with E-state index in [4.69, 9.17) is 19.9 Å². The van der Waals surface area contributed by atoms with Crippen LogP contribution in [0.3, 0.4) is 0 Å². The number of hydrogen-bond donors (Lipinski definition) is 2. The van der Waals surface area contributed by atoms with Gasteiger partial charge in [0, 0.05) is 14.2 Å². The van der Waals surface area contributed by atoms with Crippen LogP contribution < -0.4 is 15.8 Å². The lowest BCUT2D eigenvalue weighted by Gasteiger charge is -2.34. The van der Waals surface area contributed by atoms with Crippen molar-refractivity contribution in [1.82, 2.24) is 0 Å². The van der Waals surface area contributed by atoms with E-state index in [-0.39, 0.29) is 0 Å². The normalized spacial score (nSPS) is 13.9. The van der Waals surface area contributed by atoms with Gasteiger partial charge in [0.2, 0.25) is 5.91 Å². The van der Waals surface area contributed by atoms with Crippen LogP contribution in [0.25, 0.3) is 0 Å². The van der Waals surface area contributed by atoms with Crippen LogP contribution in [-0.4, -0.2) is 39.1 Å². The number of carbonyl (C=O) groups excluding carboxylic acids is 1. The summed E-state index contributed by atoms with van der Waals surface area (Å²) in [5.74, 6) is 0.00744. The molecule has 1 aromatic carbocycles. The van der Waals surface area contributed by atoms with Crippen molar-refractivity contribution in [2.45, 2.75) is 18.8 Å². The van der Waals surface area contributed by atoms with E-state index in [1.165, 1.54) is 14.2 Å². The zero-order chi connectivity index (χ0) is 14.5. The molecule has 0 aliphatic rings. The molecular formula is C13H20N2O4. The topological polar surface area (TPSA) is 82.8 Å². The number of amides is 1. The van der Waals surface area contributed by atoms with E-state index >= 15 is 0 Å². The number of para-hydroxylation sites is 2. The fourth-order valence-electron chi connectivity index (χ4n) is 1.83. The minimum Gasteiger partial charge on any atom is -0.495 e. The molecule has 1 unspecified atom stereocenters. The number of anilines is 1. The number of primary amides is 1. The molecule has 1 atom stereocenters. The van der Waals surface area contributed by atoms with Crippen molar-refractivity contribution in [2.24, 2.45) is 5.73 Å². The van der Waals surface area contributed by atoms with Gasteiger partial charge in [-0.15, -0.1) is 0 Å². The van der Waals surface area contributed by atoms with E-state index in [0.717, 1.165) is 0 Å². The van der Waals surface area contributed by atoms with Crippen LogP contribution in [0.15, 0.2) is 24.3 Å². The van der Waals surface area contributed by atoms with Crippen LogP contribution in [0.1, 0.15) is 6.92 Å². The number of methoxy groups -OCH3 is 3. The number of nitrogens with one attached hydrogen (secondary N) is 1. The molecule has 0 saturated carbocycles. The van der Waals surface area contributed by atoms with Crippen molar-refractivity contribution < 1.29 is 19.0 Å². The Hall–Kier alpha value is -1.79. The summed E-state index contributed by atoms with van der Waals surface area (Å²) in [5, 5.41) is 3.03. The van der Waals surface area contributed by atoms with Gasteiger partial charge in [-0.1, -0.05) is 12.1 Å². The summed E-state index contributed by atoms with van der Waals surface area (Å²) in [5.41, 5.74) is 4.87. The van der Waals surface area contributed by atoms with Gasteiger partial charge in [-0.2, -0.15) is 0 Å². The quantitative estimate of drug-likeness (QED) is 0.720. The number of ether oxygens (including phenoxy) is 3. The van der Waals surface area contributed by atoms with Gasteiger partial charge in [-0.05, 0) is 19.1 Å². The zero-order valence-corrected chi connectivity index (χ0v) is 11.6. The Bertz CT molecular complexity index is 434. The molecular weight excluding hydrogens is 248 g/mol. The molecule has 6 nitrogen and oxygen atoms in total. The first-order chi connectivity index (χ1) is 8.99. The monoisotopic (exact) mass is 268 g/mol. The van der Waals surface area contributed by atoms with Gasteiger partial charge < -0.3 is 25.3 Å². The van der Waals surface area contributed by atoms with Crippen LogP contribution in [0, 0.1) is 0 Å². The summed E-state index contributed by atoms with van der Waals surface area (Å²) in [7, 11) is 4.44. The Morgan fingerprint density at radius 1 is 1.26 bits per heavy atom. The van der Waals surface area contributed by atoms with Crippen molar-refractivity contribution in [3.63, 3.8) is 0 Å². The van der Waals surface area contributed by atoms with E-state index in [0.29, 0.717) is 11.4 Å². The van der Waals surface area contributed by atoms with Gasteiger partial charge >= 0.3 is 0 Å². The Kier molecular flexibility index (Phi) is 5.14. The third kappa shape index (κ3) is 3.15. The number of hydrogen-bond acceptors (Lipinski definition) is 5. The minimum absolute atomic E-state index is 0.591. The molecule has 0 aliphatic heterocycles. The Balaban J connectivity index is 3.11. The fraction of sp³-hybridized carbons (Fsp3) is 0.462. The smallest absolute Gasteiger partial charge is 0.248 e. The predicted octanol–water partition coefficient (Wildman–Crippen LogP) is 0.970. The van der Waals surface area contributed by atoms with Crippen LogP contribution in [0.4, 0.5) is 5.69 Å². The molecule has 0 heterocycles. The Morgan fingerprint density at radius 3 is 2.32 bits per heavy atom. The number of rotatable bonds is 7. The van der Waals surface area contributed by atoms with Gasteiger partial charge in [0.1, 0.15) is 5.75 Å². The Morgan fingerprint density at radius 2 is 1.84 bits per heavy atom. The fourth-order valence-corrected chi connectivity index (χ4v) is 1.83. The Labute approximate surface area is 112 Å². The van der Waals surface area contributed by atoms with Crippen molar-refractivity contribution in [3.05, 3.63) is 24.3 Å². The maximum Gasteiger partial charge on any atom is 0.248 e. The number of carbonyl (C=O) groups is 1. The van der Waals surface area contributed by atoms with Gasteiger partial charge in [0.15, 0.2) is 11.8 Å². The van der Waals surface area contributed by atoms with Gasteiger partial charge in [-0.3, -0.25) is 4.79 Å². The minimum atomic E-state index is -1.22. The van der Waals surface area contributed by atoms with E-state index in [1.807, 2.05) is 12.1 Å². The van der Waals surface area contributed by atoms with Gasteiger partial charge in [0.05, 0.1) is 12.8 Å². The second kappa shape index (κ2) is 6.40. The molecule has 3 N–H and O–H groups in total. The van der Waals surface area contributed by atoms with Crippen molar-refractivity contribution >= 4 is 11.6 Å². The third-order valence-corrected chi connectivity index (χ3v) is 2.91. The van der Waals surface area contributed by atoms with Crippen molar-refractivity contribution in [2.75, 3.05) is 26.6 Å². The second-order valence-corrected chi connectivity index (χ2v) is 4.20. The number of nitrogens with two attached hydrogens (primary N) is 1. The van der Waals surface area contributed by atoms with Crippen LogP contribution in [0.5, 0.6) is 5.75 Å². The standard InChI is InChI=1S/C13H20N2O4/c1-13(11(14)16,12(18-3)19-4)15-9-7-5-6-8-10(9)17-2/h5-8,12,15H,1-4H3,(H2,14,16). The molecule has 0 aliphatic carbocycles. The van der Waals surface area contributed by atoms with Crippen LogP contribution in [0.2, 0.25) is 0 Å². The summed E-state index contributed by atoms with van der Waals surface area (Å²) >= 11 is 0. The maximum absolute atomic E-state index is 11.7. The first kappa shape index (κ1) is 15.3. The molecule has 0 fully saturated rings. The van der Waals surface area contributed by atoms with E-state index < -0.39 is 17.7 Å². The summed E-state index contributed by atoms with van der Waals surface area (Å²) in [6.45, 7) is 1.61. The highest BCUT2D eigenvalue weighted by Crippen LogP contribution is 2.28. The largest absolute Gasteiger partial charge is 0.495 e. The molecule has 0 saturated heterocycles. The molecule has 19 heavy (non-hydrogen) atoms. The molecule has 1 rings (SSSR count). The molecule has 0 bridgehead atoms. The zero-order valence-electron chi connectivity index (χ0n) is 11.6. The third-order valence-electron chi connectivity index (χ3n) is 2.91. The molecule has 0 aromatic heterocycles. The second-order valence-electron chi connectivity index (χ2n) is 4.20. The molecule has 106 valence electrons. The van der Waals surface area contributed by atoms with E-state index in [9.17, 15) is 4.79 Å². The highest BCUT2D eigenvalue weighted by molar-refractivity contribution is 5.88. The SMILES string of the molecule is COc1ccccc1NC(C)(C(N)=O)C(OC)OC. The molecule has 1 aromatic rings. The molecule has 0 spiro atoms. The summed E-state index contributed by atoms with van der Waals surface area (Å²) < 4.78 is 15.5. The van der Waals surface area contributed by atoms with Crippen molar-refractivity contribution in [1.29, 1.82) is 0 Å². The predicted molar refractivity (Wildman–Crippen MR) is 72.0 cm³/mol. The molecule has 6 heteroatoms. The highest BCUT2D eigenvalue weighted by atomic mass is 16.7. The average molecular weight is 268 g/mol. The van der Waals surface area contributed by atoms with E-state index in [1.54, 1.807) is 26.2 Å². The lowest BCUT2D eigenvalue weighted by Crippen LogP contribution is -2.57. The van der Waals surface area contributed by atoms with Crippen LogP contribution >= 0.6 is 0 Å². The average Bonchev–Trinajstić information content (AvgIpc) is 2.40. The lowest BCUT2D eigenvalue weighted by molar-refractivity contribution is -0.155. The highest BCUT2D eigenvalue weighted by Gasteiger charge is 2.41. The summed E-state index contributed by atoms with van der Waals surface area (Å²) in [6.07, 6.45) is -0.824. The molecule has 1 amide bonds. The molecule has 0 radical (unpaired) electrons. The summed E-state index contributed by atoms with van der Waals surface area (Å²) in [6, 6.07) is 7.21. The number of benzene rings is 1. The first-order valence-electron chi connectivity index (χ1n) is 5.76.